The Morgan fingerprint density at radius 2 is 1.85 bits per heavy atom. The molecule has 2 fully saturated rings. The quantitative estimate of drug-likeness (QED) is 0.510. The number of Topliss-reactive ketones (excluding diaryl/α,β-unsaturated/α-hetero) is 1. The maximum atomic E-state index is 12.6. The van der Waals surface area contributed by atoms with Gasteiger partial charge in [-0.15, -0.1) is 0 Å². The van der Waals surface area contributed by atoms with Gasteiger partial charge in [-0.25, -0.2) is 0 Å². The van der Waals surface area contributed by atoms with E-state index in [0.717, 1.165) is 25.7 Å². The summed E-state index contributed by atoms with van der Waals surface area (Å²) < 4.78 is 0. The second-order valence-electron chi connectivity index (χ2n) is 13.1. The number of aliphatic hydroxyl groups is 3. The Morgan fingerprint density at radius 1 is 1.15 bits per heavy atom. The summed E-state index contributed by atoms with van der Waals surface area (Å²) in [5.74, 6) is 2.39. The summed E-state index contributed by atoms with van der Waals surface area (Å²) in [4.78, 5) is 12.6. The van der Waals surface area contributed by atoms with Gasteiger partial charge in [-0.1, -0.05) is 46.8 Å². The highest BCUT2D eigenvalue weighted by atomic mass is 16.4. The molecule has 0 aliphatic heterocycles. The smallest absolute Gasteiger partial charge is 0.138 e. The van der Waals surface area contributed by atoms with E-state index in [9.17, 15) is 20.1 Å². The Kier molecular flexibility index (Phi) is 6.33. The number of rotatable bonds is 6. The molecule has 4 aliphatic rings. The Morgan fingerprint density at radius 3 is 2.52 bits per heavy atom. The van der Waals surface area contributed by atoms with Crippen LogP contribution in [-0.2, 0) is 4.79 Å². The van der Waals surface area contributed by atoms with Gasteiger partial charge in [-0.3, -0.25) is 4.79 Å². The van der Waals surface area contributed by atoms with Crippen molar-refractivity contribution in [2.45, 2.75) is 105 Å². The van der Waals surface area contributed by atoms with Gasteiger partial charge in [-0.2, -0.15) is 0 Å². The lowest BCUT2D eigenvalue weighted by Crippen LogP contribution is -2.49. The number of hydrogen-bond acceptors (Lipinski definition) is 4. The summed E-state index contributed by atoms with van der Waals surface area (Å²) in [6.45, 7) is 12.7. The Bertz CT molecular complexity index is 852. The minimum Gasteiger partial charge on any atom is -0.393 e. The van der Waals surface area contributed by atoms with Gasteiger partial charge in [0.25, 0.3) is 0 Å². The summed E-state index contributed by atoms with van der Waals surface area (Å²) in [6.07, 6.45) is 11.7. The first-order valence-corrected chi connectivity index (χ1v) is 13.3. The summed E-state index contributed by atoms with van der Waals surface area (Å²) in [5.41, 5.74) is 1.79. The summed E-state index contributed by atoms with van der Waals surface area (Å²) in [6, 6.07) is 0. The fourth-order valence-electron chi connectivity index (χ4n) is 8.27. The first-order valence-electron chi connectivity index (χ1n) is 13.3. The van der Waals surface area contributed by atoms with E-state index >= 15 is 0 Å². The van der Waals surface area contributed by atoms with Crippen molar-refractivity contribution in [1.29, 1.82) is 0 Å². The van der Waals surface area contributed by atoms with Crippen molar-refractivity contribution < 1.29 is 20.1 Å². The molecule has 8 atom stereocenters. The predicted octanol–water partition coefficient (Wildman–Crippen LogP) is 5.21. The number of carbonyl (C=O) groups is 1. The molecule has 4 rings (SSSR count). The molecule has 33 heavy (non-hydrogen) atoms. The van der Waals surface area contributed by atoms with Gasteiger partial charge in [0.05, 0.1) is 12.7 Å². The molecule has 4 aliphatic carbocycles. The highest BCUT2D eigenvalue weighted by Gasteiger charge is 2.60. The van der Waals surface area contributed by atoms with E-state index in [1.165, 1.54) is 19.8 Å². The van der Waals surface area contributed by atoms with Crippen LogP contribution in [0.1, 0.15) is 92.9 Å². The van der Waals surface area contributed by atoms with Crippen molar-refractivity contribution in [1.82, 2.24) is 0 Å². The highest BCUT2D eigenvalue weighted by molar-refractivity contribution is 5.85. The van der Waals surface area contributed by atoms with Crippen LogP contribution in [0.15, 0.2) is 23.3 Å². The lowest BCUT2D eigenvalue weighted by molar-refractivity contribution is -0.134. The van der Waals surface area contributed by atoms with Crippen molar-refractivity contribution in [3.8, 4) is 0 Å². The van der Waals surface area contributed by atoms with Gasteiger partial charge in [-0.05, 0) is 97.5 Å². The standard InChI is InChI=1S/C29H46O4/c1-18(7-11-25(32)29(6,33)17-30)21-14-16-28(5)23-10-9-22-19(8-12-24(31)26(22,2)3)20(23)13-15-27(21,28)4/h10,13,18-19,21-22,25,30,32-33H,7-9,11-12,14-17H2,1-6H3. The van der Waals surface area contributed by atoms with Crippen LogP contribution in [0.25, 0.3) is 0 Å². The first kappa shape index (κ1) is 25.1. The highest BCUT2D eigenvalue weighted by Crippen LogP contribution is 2.69. The predicted molar refractivity (Wildman–Crippen MR) is 131 cm³/mol. The lowest BCUT2D eigenvalue weighted by atomic mass is 9.48. The summed E-state index contributed by atoms with van der Waals surface area (Å²) in [5, 5.41) is 29.9. The Labute approximate surface area is 200 Å². The molecule has 3 N–H and O–H groups in total. The van der Waals surface area contributed by atoms with E-state index in [2.05, 4.69) is 46.8 Å². The molecule has 0 aromatic carbocycles. The molecule has 8 unspecified atom stereocenters. The molecule has 0 heterocycles. The van der Waals surface area contributed by atoms with Crippen molar-refractivity contribution in [2.75, 3.05) is 6.61 Å². The number of aliphatic hydroxyl groups excluding tert-OH is 2. The van der Waals surface area contributed by atoms with Gasteiger partial charge in [0.2, 0.25) is 0 Å². The number of fused-ring (bicyclic) bond motifs is 5. The van der Waals surface area contributed by atoms with Gasteiger partial charge < -0.3 is 15.3 Å². The van der Waals surface area contributed by atoms with Crippen LogP contribution in [0, 0.1) is 39.9 Å². The topological polar surface area (TPSA) is 77.8 Å². The van der Waals surface area contributed by atoms with Crippen molar-refractivity contribution >= 4 is 5.78 Å². The first-order chi connectivity index (χ1) is 15.3. The average Bonchev–Trinajstić information content (AvgIpc) is 3.05. The molecular formula is C29H46O4. The lowest BCUT2D eigenvalue weighted by Gasteiger charge is -2.55. The molecule has 0 aromatic heterocycles. The zero-order valence-electron chi connectivity index (χ0n) is 21.7. The fraction of sp³-hybridized carbons (Fsp3) is 0.828. The number of ketones is 1. The zero-order valence-corrected chi connectivity index (χ0v) is 21.7. The fourth-order valence-corrected chi connectivity index (χ4v) is 8.27. The average molecular weight is 459 g/mol. The molecule has 4 heteroatoms. The van der Waals surface area contributed by atoms with Crippen LogP contribution in [0.4, 0.5) is 0 Å². The third-order valence-electron chi connectivity index (χ3n) is 11.1. The van der Waals surface area contributed by atoms with E-state index in [1.807, 2.05) is 0 Å². The van der Waals surface area contributed by atoms with Gasteiger partial charge in [0.15, 0.2) is 0 Å². The molecule has 0 bridgehead atoms. The molecule has 0 radical (unpaired) electrons. The number of hydrogen-bond donors (Lipinski definition) is 3. The van der Waals surface area contributed by atoms with Crippen LogP contribution < -0.4 is 0 Å². The Hall–Kier alpha value is -0.970. The molecule has 0 saturated heterocycles. The Balaban J connectivity index is 1.55. The molecular weight excluding hydrogens is 412 g/mol. The molecule has 0 aromatic rings. The van der Waals surface area contributed by atoms with Crippen LogP contribution in [0.5, 0.6) is 0 Å². The van der Waals surface area contributed by atoms with E-state index < -0.39 is 18.3 Å². The maximum absolute atomic E-state index is 12.6. The van der Waals surface area contributed by atoms with Crippen LogP contribution >= 0.6 is 0 Å². The zero-order chi connectivity index (χ0) is 24.4. The molecule has 0 spiro atoms. The molecule has 4 nitrogen and oxygen atoms in total. The van der Waals surface area contributed by atoms with Crippen molar-refractivity contribution in [3.05, 3.63) is 23.3 Å². The maximum Gasteiger partial charge on any atom is 0.138 e. The molecule has 186 valence electrons. The van der Waals surface area contributed by atoms with Gasteiger partial charge in [0, 0.05) is 11.8 Å². The minimum atomic E-state index is -1.44. The number of carbonyl (C=O) groups excluding carboxylic acids is 1. The van der Waals surface area contributed by atoms with Crippen molar-refractivity contribution in [2.24, 2.45) is 39.9 Å². The summed E-state index contributed by atoms with van der Waals surface area (Å²) in [7, 11) is 0. The van der Waals surface area contributed by atoms with Crippen LogP contribution in [0.3, 0.4) is 0 Å². The largest absolute Gasteiger partial charge is 0.393 e. The third-order valence-corrected chi connectivity index (χ3v) is 11.1. The van der Waals surface area contributed by atoms with E-state index in [-0.39, 0.29) is 16.2 Å². The van der Waals surface area contributed by atoms with Gasteiger partial charge in [0.1, 0.15) is 11.4 Å². The SMILES string of the molecule is CC(CCC(O)C(C)(O)CO)C1CCC2(C)C3=CCC4C(CCC(=O)C4(C)C)C3=CCC12C. The second-order valence-corrected chi connectivity index (χ2v) is 13.1. The van der Waals surface area contributed by atoms with Gasteiger partial charge >= 0.3 is 0 Å². The minimum absolute atomic E-state index is 0.155. The third kappa shape index (κ3) is 3.70. The van der Waals surface area contributed by atoms with Crippen LogP contribution in [0.2, 0.25) is 0 Å². The molecule has 0 amide bonds. The normalized spacial score (nSPS) is 41.1. The van der Waals surface area contributed by atoms with E-state index in [1.54, 1.807) is 11.1 Å². The van der Waals surface area contributed by atoms with Crippen LogP contribution in [-0.4, -0.2) is 39.4 Å². The monoisotopic (exact) mass is 458 g/mol. The number of allylic oxidation sites excluding steroid dienone is 4. The van der Waals surface area contributed by atoms with Crippen molar-refractivity contribution in [3.63, 3.8) is 0 Å². The summed E-state index contributed by atoms with van der Waals surface area (Å²) >= 11 is 0. The second kappa shape index (κ2) is 8.31. The molecule has 2 saturated carbocycles. The van der Waals surface area contributed by atoms with E-state index in [0.29, 0.717) is 42.3 Å². The van der Waals surface area contributed by atoms with E-state index in [4.69, 9.17) is 0 Å².